The minimum absolute atomic E-state index is 0.741. The Bertz CT molecular complexity index is 397. The molecule has 0 atom stereocenters. The number of nitrogens with one attached hydrogen (secondary N) is 1. The average Bonchev–Trinajstić information content (AvgIpc) is 2.46. The van der Waals surface area contributed by atoms with Gasteiger partial charge in [-0.25, -0.2) is 0 Å². The monoisotopic (exact) mass is 275 g/mol. The van der Waals surface area contributed by atoms with E-state index in [0.29, 0.717) is 0 Å². The van der Waals surface area contributed by atoms with E-state index >= 15 is 0 Å². The fourth-order valence-electron chi connectivity index (χ4n) is 3.04. The lowest BCUT2D eigenvalue weighted by Crippen LogP contribution is -2.34. The average molecular weight is 275 g/mol. The first kappa shape index (κ1) is 15.5. The van der Waals surface area contributed by atoms with E-state index in [4.69, 9.17) is 4.98 Å². The van der Waals surface area contributed by atoms with Crippen molar-refractivity contribution in [1.29, 1.82) is 0 Å². The molecule has 1 N–H and O–H groups in total. The normalized spacial score (nSPS) is 23.2. The molecule has 1 heterocycles. The van der Waals surface area contributed by atoms with Crippen molar-refractivity contribution in [2.24, 2.45) is 5.92 Å². The highest BCUT2D eigenvalue weighted by atomic mass is 15.1. The summed E-state index contributed by atoms with van der Waals surface area (Å²) in [6.45, 7) is 7.34. The van der Waals surface area contributed by atoms with E-state index < -0.39 is 0 Å². The maximum Gasteiger partial charge on any atom is 0.0547 e. The highest BCUT2D eigenvalue weighted by Gasteiger charge is 2.21. The van der Waals surface area contributed by atoms with Crippen molar-refractivity contribution in [2.75, 3.05) is 13.6 Å². The predicted octanol–water partition coefficient (Wildman–Crippen LogP) is 3.20. The van der Waals surface area contributed by atoms with E-state index in [0.717, 1.165) is 37.3 Å². The second-order valence-electron chi connectivity index (χ2n) is 6.23. The molecule has 1 aliphatic carbocycles. The van der Waals surface area contributed by atoms with Gasteiger partial charge in [0.15, 0.2) is 0 Å². The SMILES string of the molecule is CCNCc1cccc(CN(C)C2CCC(C)CC2)n1. The van der Waals surface area contributed by atoms with Crippen LogP contribution in [0.2, 0.25) is 0 Å². The molecule has 1 saturated carbocycles. The van der Waals surface area contributed by atoms with Crippen molar-refractivity contribution in [3.63, 3.8) is 0 Å². The van der Waals surface area contributed by atoms with Gasteiger partial charge in [-0.2, -0.15) is 0 Å². The van der Waals surface area contributed by atoms with Crippen molar-refractivity contribution in [2.45, 2.75) is 58.7 Å². The molecule has 112 valence electrons. The largest absolute Gasteiger partial charge is 0.311 e. The van der Waals surface area contributed by atoms with Crippen LogP contribution in [0.5, 0.6) is 0 Å². The Morgan fingerprint density at radius 2 is 1.90 bits per heavy atom. The fourth-order valence-corrected chi connectivity index (χ4v) is 3.04. The zero-order chi connectivity index (χ0) is 14.4. The van der Waals surface area contributed by atoms with Crippen LogP contribution in [-0.2, 0) is 13.1 Å². The molecular formula is C17H29N3. The number of rotatable bonds is 6. The van der Waals surface area contributed by atoms with Gasteiger partial charge in [-0.1, -0.05) is 19.9 Å². The second-order valence-corrected chi connectivity index (χ2v) is 6.23. The quantitative estimate of drug-likeness (QED) is 0.864. The van der Waals surface area contributed by atoms with Gasteiger partial charge in [0.1, 0.15) is 0 Å². The Hall–Kier alpha value is -0.930. The molecule has 3 nitrogen and oxygen atoms in total. The van der Waals surface area contributed by atoms with Crippen molar-refractivity contribution >= 4 is 0 Å². The summed E-state index contributed by atoms with van der Waals surface area (Å²) in [5.41, 5.74) is 2.34. The molecule has 1 fully saturated rings. The van der Waals surface area contributed by atoms with Gasteiger partial charge < -0.3 is 5.32 Å². The molecule has 0 aliphatic heterocycles. The molecule has 0 amide bonds. The summed E-state index contributed by atoms with van der Waals surface area (Å²) in [6.07, 6.45) is 5.44. The summed E-state index contributed by atoms with van der Waals surface area (Å²) >= 11 is 0. The number of aromatic nitrogens is 1. The summed E-state index contributed by atoms with van der Waals surface area (Å²) in [5.74, 6) is 0.918. The second kappa shape index (κ2) is 7.75. The Balaban J connectivity index is 1.88. The van der Waals surface area contributed by atoms with Crippen molar-refractivity contribution < 1.29 is 0 Å². The molecular weight excluding hydrogens is 246 g/mol. The van der Waals surface area contributed by atoms with Crippen molar-refractivity contribution in [1.82, 2.24) is 15.2 Å². The highest BCUT2D eigenvalue weighted by Crippen LogP contribution is 2.27. The molecule has 2 rings (SSSR count). The Kier molecular flexibility index (Phi) is 5.99. The third-order valence-corrected chi connectivity index (χ3v) is 4.44. The van der Waals surface area contributed by atoms with E-state index in [1.54, 1.807) is 0 Å². The van der Waals surface area contributed by atoms with Crippen molar-refractivity contribution in [3.8, 4) is 0 Å². The van der Waals surface area contributed by atoms with Crippen LogP contribution >= 0.6 is 0 Å². The van der Waals surface area contributed by atoms with Gasteiger partial charge in [-0.15, -0.1) is 0 Å². The minimum atomic E-state index is 0.741. The number of hydrogen-bond donors (Lipinski definition) is 1. The molecule has 3 heteroatoms. The summed E-state index contributed by atoms with van der Waals surface area (Å²) < 4.78 is 0. The maximum absolute atomic E-state index is 4.76. The van der Waals surface area contributed by atoms with Crippen molar-refractivity contribution in [3.05, 3.63) is 29.6 Å². The van der Waals surface area contributed by atoms with Gasteiger partial charge >= 0.3 is 0 Å². The molecule has 1 aromatic heterocycles. The van der Waals surface area contributed by atoms with Gasteiger partial charge in [0.2, 0.25) is 0 Å². The van der Waals surface area contributed by atoms with Gasteiger partial charge in [0.05, 0.1) is 11.4 Å². The van der Waals surface area contributed by atoms with E-state index in [2.05, 4.69) is 49.3 Å². The molecule has 0 radical (unpaired) electrons. The highest BCUT2D eigenvalue weighted by molar-refractivity contribution is 5.11. The van der Waals surface area contributed by atoms with E-state index in [1.807, 2.05) is 0 Å². The molecule has 0 saturated heterocycles. The van der Waals surface area contributed by atoms with Gasteiger partial charge in [0.25, 0.3) is 0 Å². The van der Waals surface area contributed by atoms with Crippen LogP contribution in [0, 0.1) is 5.92 Å². The van der Waals surface area contributed by atoms with Crippen LogP contribution in [-0.4, -0.2) is 29.5 Å². The standard InChI is InChI=1S/C17H29N3/c1-4-18-12-15-6-5-7-16(19-15)13-20(3)17-10-8-14(2)9-11-17/h5-7,14,17-18H,4,8-13H2,1-3H3. The molecule has 0 bridgehead atoms. The third kappa shape index (κ3) is 4.57. The first-order valence-electron chi connectivity index (χ1n) is 8.04. The summed E-state index contributed by atoms with van der Waals surface area (Å²) in [6, 6.07) is 7.13. The fraction of sp³-hybridized carbons (Fsp3) is 0.706. The Labute approximate surface area is 123 Å². The molecule has 0 spiro atoms. The molecule has 1 aliphatic rings. The van der Waals surface area contributed by atoms with Crippen LogP contribution in [0.4, 0.5) is 0 Å². The van der Waals surface area contributed by atoms with Gasteiger partial charge in [-0.05, 0) is 57.3 Å². The topological polar surface area (TPSA) is 28.2 Å². The summed E-state index contributed by atoms with van der Waals surface area (Å²) in [5, 5.41) is 3.34. The molecule has 20 heavy (non-hydrogen) atoms. The third-order valence-electron chi connectivity index (χ3n) is 4.44. The number of nitrogens with zero attached hydrogens (tertiary/aromatic N) is 2. The molecule has 0 unspecified atom stereocenters. The smallest absolute Gasteiger partial charge is 0.0547 e. The minimum Gasteiger partial charge on any atom is -0.311 e. The first-order chi connectivity index (χ1) is 9.69. The van der Waals surface area contributed by atoms with Crippen LogP contribution in [0.3, 0.4) is 0 Å². The van der Waals surface area contributed by atoms with E-state index in [-0.39, 0.29) is 0 Å². The number of hydrogen-bond acceptors (Lipinski definition) is 3. The van der Waals surface area contributed by atoms with Crippen LogP contribution < -0.4 is 5.32 Å². The lowest BCUT2D eigenvalue weighted by Gasteiger charge is -2.33. The van der Waals surface area contributed by atoms with Gasteiger partial charge in [-0.3, -0.25) is 9.88 Å². The van der Waals surface area contributed by atoms with E-state index in [9.17, 15) is 0 Å². The predicted molar refractivity (Wildman–Crippen MR) is 84.5 cm³/mol. The summed E-state index contributed by atoms with van der Waals surface area (Å²) in [7, 11) is 2.25. The Morgan fingerprint density at radius 3 is 2.60 bits per heavy atom. The Morgan fingerprint density at radius 1 is 1.20 bits per heavy atom. The zero-order valence-electron chi connectivity index (χ0n) is 13.2. The van der Waals surface area contributed by atoms with Crippen LogP contribution in [0.25, 0.3) is 0 Å². The molecule has 0 aromatic carbocycles. The maximum atomic E-state index is 4.76. The van der Waals surface area contributed by atoms with E-state index in [1.165, 1.54) is 31.4 Å². The number of pyridine rings is 1. The summed E-state index contributed by atoms with van der Waals surface area (Å²) in [4.78, 5) is 7.25. The van der Waals surface area contributed by atoms with Crippen LogP contribution in [0.15, 0.2) is 18.2 Å². The lowest BCUT2D eigenvalue weighted by atomic mass is 9.87. The molecule has 1 aromatic rings. The lowest BCUT2D eigenvalue weighted by molar-refractivity contribution is 0.162. The first-order valence-corrected chi connectivity index (χ1v) is 8.04. The zero-order valence-corrected chi connectivity index (χ0v) is 13.2. The van der Waals surface area contributed by atoms with Crippen LogP contribution in [0.1, 0.15) is 50.9 Å². The van der Waals surface area contributed by atoms with Gasteiger partial charge in [0, 0.05) is 19.1 Å².